The largest absolute Gasteiger partial charge is 0.450 e. The summed E-state index contributed by atoms with van der Waals surface area (Å²) in [6.45, 7) is 1.78. The van der Waals surface area contributed by atoms with Crippen molar-refractivity contribution in [3.63, 3.8) is 0 Å². The summed E-state index contributed by atoms with van der Waals surface area (Å²) in [5.41, 5.74) is -0.159. The van der Waals surface area contributed by atoms with Crippen molar-refractivity contribution in [2.75, 3.05) is 20.7 Å². The van der Waals surface area contributed by atoms with Crippen molar-refractivity contribution in [1.29, 1.82) is 5.26 Å². The van der Waals surface area contributed by atoms with Crippen LogP contribution in [0.1, 0.15) is 6.92 Å². The Morgan fingerprint density at radius 1 is 1.53 bits per heavy atom. The Hall–Kier alpha value is -2.03. The van der Waals surface area contributed by atoms with Crippen LogP contribution in [-0.2, 0) is 9.53 Å². The Bertz CT molecular complexity index is 315. The van der Waals surface area contributed by atoms with Crippen LogP contribution < -0.4 is 5.32 Å². The molecule has 0 aromatic carbocycles. The minimum absolute atomic E-state index is 0.159. The van der Waals surface area contributed by atoms with Crippen LogP contribution in [0.4, 0.5) is 4.79 Å². The summed E-state index contributed by atoms with van der Waals surface area (Å²) in [7, 11) is 3.32. The Balaban J connectivity index is 4.44. The zero-order valence-corrected chi connectivity index (χ0v) is 8.90. The predicted molar refractivity (Wildman–Crippen MR) is 52.5 cm³/mol. The SMILES string of the molecule is CCOC(=O)NC(=O)/C(C#N)=C\N(C)C. The minimum atomic E-state index is -0.859. The molecule has 0 atom stereocenters. The third-order valence-electron chi connectivity index (χ3n) is 1.24. The Labute approximate surface area is 88.1 Å². The van der Waals surface area contributed by atoms with E-state index < -0.39 is 12.0 Å². The second-order valence-electron chi connectivity index (χ2n) is 2.79. The fourth-order valence-corrected chi connectivity index (χ4v) is 0.724. The lowest BCUT2D eigenvalue weighted by molar-refractivity contribution is -0.116. The monoisotopic (exact) mass is 211 g/mol. The molecule has 0 aromatic heterocycles. The predicted octanol–water partition coefficient (Wildman–Crippen LogP) is 0.228. The summed E-state index contributed by atoms with van der Waals surface area (Å²) in [5, 5.41) is 10.5. The van der Waals surface area contributed by atoms with E-state index in [4.69, 9.17) is 5.26 Å². The number of nitrogens with zero attached hydrogens (tertiary/aromatic N) is 2. The van der Waals surface area contributed by atoms with Crippen molar-refractivity contribution in [2.24, 2.45) is 0 Å². The molecule has 0 aliphatic heterocycles. The van der Waals surface area contributed by atoms with Crippen LogP contribution in [0.5, 0.6) is 0 Å². The summed E-state index contributed by atoms with van der Waals surface area (Å²) in [6, 6.07) is 1.68. The van der Waals surface area contributed by atoms with Crippen LogP contribution >= 0.6 is 0 Å². The molecule has 0 unspecified atom stereocenters. The maximum atomic E-state index is 11.3. The molecule has 0 heterocycles. The molecule has 0 radical (unpaired) electrons. The third kappa shape index (κ3) is 5.31. The number of ether oxygens (including phenoxy) is 1. The number of amides is 2. The first-order valence-electron chi connectivity index (χ1n) is 4.27. The number of hydrogen-bond donors (Lipinski definition) is 1. The van der Waals surface area contributed by atoms with E-state index in [1.54, 1.807) is 27.1 Å². The number of hydrogen-bond acceptors (Lipinski definition) is 5. The summed E-state index contributed by atoms with van der Waals surface area (Å²) in [5.74, 6) is -0.773. The first-order chi connectivity index (χ1) is 7.01. The van der Waals surface area contributed by atoms with Crippen molar-refractivity contribution < 1.29 is 14.3 Å². The van der Waals surface area contributed by atoms with Gasteiger partial charge in [-0.15, -0.1) is 0 Å². The van der Waals surface area contributed by atoms with E-state index >= 15 is 0 Å². The minimum Gasteiger partial charge on any atom is -0.450 e. The van der Waals surface area contributed by atoms with Crippen molar-refractivity contribution in [3.05, 3.63) is 11.8 Å². The fraction of sp³-hybridized carbons (Fsp3) is 0.444. The number of alkyl carbamates (subject to hydrolysis) is 1. The van der Waals surface area contributed by atoms with E-state index in [1.807, 2.05) is 5.32 Å². The highest BCUT2D eigenvalue weighted by molar-refractivity contribution is 6.04. The van der Waals surface area contributed by atoms with E-state index in [2.05, 4.69) is 4.74 Å². The van der Waals surface area contributed by atoms with Gasteiger partial charge in [-0.2, -0.15) is 5.26 Å². The molecule has 15 heavy (non-hydrogen) atoms. The number of nitriles is 1. The number of imide groups is 1. The summed E-state index contributed by atoms with van der Waals surface area (Å²) in [6.07, 6.45) is 0.455. The molecule has 0 aromatic rings. The first-order valence-corrected chi connectivity index (χ1v) is 4.27. The molecule has 2 amide bonds. The molecule has 0 spiro atoms. The molecule has 1 N–H and O–H groups in total. The Kier molecular flexibility index (Phi) is 5.56. The van der Waals surface area contributed by atoms with Crippen LogP contribution in [0.15, 0.2) is 11.8 Å². The lowest BCUT2D eigenvalue weighted by Gasteiger charge is -2.06. The van der Waals surface area contributed by atoms with E-state index in [9.17, 15) is 9.59 Å². The van der Waals surface area contributed by atoms with Crippen molar-refractivity contribution in [3.8, 4) is 6.07 Å². The molecular formula is C9H13N3O3. The highest BCUT2D eigenvalue weighted by atomic mass is 16.5. The lowest BCUT2D eigenvalue weighted by Crippen LogP contribution is -2.32. The molecule has 6 nitrogen and oxygen atoms in total. The maximum Gasteiger partial charge on any atom is 0.414 e. The molecular weight excluding hydrogens is 198 g/mol. The van der Waals surface area contributed by atoms with Gasteiger partial charge in [0.2, 0.25) is 0 Å². The topological polar surface area (TPSA) is 82.4 Å². The zero-order chi connectivity index (χ0) is 11.8. The van der Waals surface area contributed by atoms with Gasteiger partial charge in [0.25, 0.3) is 5.91 Å². The molecule has 0 aliphatic carbocycles. The van der Waals surface area contributed by atoms with Crippen LogP contribution in [0.25, 0.3) is 0 Å². The van der Waals surface area contributed by atoms with E-state index in [1.165, 1.54) is 11.1 Å². The zero-order valence-electron chi connectivity index (χ0n) is 8.90. The van der Waals surface area contributed by atoms with Gasteiger partial charge in [-0.05, 0) is 6.92 Å². The second-order valence-corrected chi connectivity index (χ2v) is 2.79. The Morgan fingerprint density at radius 3 is 2.53 bits per heavy atom. The molecule has 0 aliphatic rings. The highest BCUT2D eigenvalue weighted by Crippen LogP contribution is 1.94. The summed E-state index contributed by atoms with van der Waals surface area (Å²) >= 11 is 0. The molecule has 82 valence electrons. The quantitative estimate of drug-likeness (QED) is 0.533. The summed E-state index contributed by atoms with van der Waals surface area (Å²) in [4.78, 5) is 23.7. The molecule has 0 bridgehead atoms. The van der Waals surface area contributed by atoms with Gasteiger partial charge in [-0.3, -0.25) is 10.1 Å². The van der Waals surface area contributed by atoms with Gasteiger partial charge in [0.1, 0.15) is 11.6 Å². The van der Waals surface area contributed by atoms with Gasteiger partial charge in [-0.1, -0.05) is 0 Å². The summed E-state index contributed by atoms with van der Waals surface area (Å²) < 4.78 is 4.49. The van der Waals surface area contributed by atoms with E-state index in [-0.39, 0.29) is 12.2 Å². The smallest absolute Gasteiger partial charge is 0.414 e. The maximum absolute atomic E-state index is 11.3. The van der Waals surface area contributed by atoms with Gasteiger partial charge in [0.15, 0.2) is 0 Å². The molecule has 0 saturated heterocycles. The Morgan fingerprint density at radius 2 is 2.13 bits per heavy atom. The van der Waals surface area contributed by atoms with Crippen LogP contribution in [-0.4, -0.2) is 37.6 Å². The number of nitrogens with one attached hydrogen (secondary N) is 1. The van der Waals surface area contributed by atoms with Crippen LogP contribution in [0, 0.1) is 11.3 Å². The van der Waals surface area contributed by atoms with Gasteiger partial charge < -0.3 is 9.64 Å². The first kappa shape index (κ1) is 13.0. The fourth-order valence-electron chi connectivity index (χ4n) is 0.724. The second kappa shape index (κ2) is 6.43. The number of rotatable bonds is 3. The normalized spacial score (nSPS) is 10.1. The van der Waals surface area contributed by atoms with Gasteiger partial charge in [-0.25, -0.2) is 4.79 Å². The third-order valence-corrected chi connectivity index (χ3v) is 1.24. The van der Waals surface area contributed by atoms with Gasteiger partial charge in [0.05, 0.1) is 6.61 Å². The lowest BCUT2D eigenvalue weighted by atomic mass is 10.3. The van der Waals surface area contributed by atoms with Crippen molar-refractivity contribution >= 4 is 12.0 Å². The van der Waals surface area contributed by atoms with E-state index in [0.29, 0.717) is 0 Å². The highest BCUT2D eigenvalue weighted by Gasteiger charge is 2.13. The molecule has 0 rings (SSSR count). The molecule has 0 saturated carbocycles. The van der Waals surface area contributed by atoms with Crippen molar-refractivity contribution in [1.82, 2.24) is 10.2 Å². The van der Waals surface area contributed by atoms with E-state index in [0.717, 1.165) is 0 Å². The number of carbonyl (C=O) groups excluding carboxylic acids is 2. The average molecular weight is 211 g/mol. The molecule has 6 heteroatoms. The standard InChI is InChI=1S/C9H13N3O3/c1-4-15-9(14)11-8(13)7(5-10)6-12(2)3/h6H,4H2,1-3H3,(H,11,13,14)/b7-6-. The van der Waals surface area contributed by atoms with Gasteiger partial charge in [0, 0.05) is 20.3 Å². The van der Waals surface area contributed by atoms with Crippen LogP contribution in [0.3, 0.4) is 0 Å². The van der Waals surface area contributed by atoms with Crippen molar-refractivity contribution in [2.45, 2.75) is 6.92 Å². The van der Waals surface area contributed by atoms with Gasteiger partial charge >= 0.3 is 6.09 Å². The average Bonchev–Trinajstić information content (AvgIpc) is 2.13. The number of carbonyl (C=O) groups is 2. The van der Waals surface area contributed by atoms with Crippen LogP contribution in [0.2, 0.25) is 0 Å². The molecule has 0 fully saturated rings.